The molecule has 0 saturated carbocycles. The van der Waals surface area contributed by atoms with Crippen molar-refractivity contribution in [2.45, 2.75) is 0 Å². The number of rotatable bonds is 2. The summed E-state index contributed by atoms with van der Waals surface area (Å²) in [6, 6.07) is 6.06. The quantitative estimate of drug-likeness (QED) is 0.759. The second kappa shape index (κ2) is 3.40. The standard InChI is InChI=1S/C6H4BrFO3S/c7-5-3-1-2-4-6(5)11-12(8,9)10/h1-4H. The molecule has 0 amide bonds. The van der Waals surface area contributed by atoms with Gasteiger partial charge in [-0.1, -0.05) is 16.0 Å². The van der Waals surface area contributed by atoms with Crippen LogP contribution >= 0.6 is 15.9 Å². The van der Waals surface area contributed by atoms with Crippen LogP contribution in [0, 0.1) is 0 Å². The second-order valence-corrected chi connectivity index (χ2v) is 3.71. The largest absolute Gasteiger partial charge is 0.488 e. The van der Waals surface area contributed by atoms with Gasteiger partial charge in [-0.3, -0.25) is 0 Å². The van der Waals surface area contributed by atoms with Gasteiger partial charge in [0, 0.05) is 0 Å². The van der Waals surface area contributed by atoms with Gasteiger partial charge in [-0.2, -0.15) is 8.42 Å². The Labute approximate surface area is 77.7 Å². The molecule has 0 fully saturated rings. The molecule has 3 nitrogen and oxygen atoms in total. The average Bonchev–Trinajstić information content (AvgIpc) is 1.91. The number of para-hydroxylation sites is 1. The Morgan fingerprint density at radius 3 is 2.42 bits per heavy atom. The van der Waals surface area contributed by atoms with Gasteiger partial charge in [-0.25, -0.2) is 0 Å². The van der Waals surface area contributed by atoms with Gasteiger partial charge in [0.15, 0.2) is 5.75 Å². The maximum atomic E-state index is 12.0. The summed E-state index contributed by atoms with van der Waals surface area (Å²) < 4.78 is 36.4. The number of hydrogen-bond acceptors (Lipinski definition) is 3. The minimum atomic E-state index is -4.93. The van der Waals surface area contributed by atoms with E-state index in [0.29, 0.717) is 4.47 Å². The van der Waals surface area contributed by atoms with Crippen LogP contribution in [-0.4, -0.2) is 8.42 Å². The summed E-state index contributed by atoms with van der Waals surface area (Å²) in [6.45, 7) is 0. The maximum Gasteiger partial charge on any atom is 0.488 e. The Bertz CT molecular complexity index is 376. The Morgan fingerprint density at radius 2 is 1.92 bits per heavy atom. The van der Waals surface area contributed by atoms with E-state index in [0.717, 1.165) is 0 Å². The van der Waals surface area contributed by atoms with Gasteiger partial charge in [0.05, 0.1) is 4.47 Å². The van der Waals surface area contributed by atoms with Crippen LogP contribution in [0.3, 0.4) is 0 Å². The van der Waals surface area contributed by atoms with Crippen molar-refractivity contribution in [1.29, 1.82) is 0 Å². The Balaban J connectivity index is 2.98. The Kier molecular flexibility index (Phi) is 2.69. The molecular formula is C6H4BrFO3S. The molecule has 1 aromatic carbocycles. The van der Waals surface area contributed by atoms with Gasteiger partial charge in [-0.15, -0.1) is 0 Å². The number of halogens is 2. The lowest BCUT2D eigenvalue weighted by Gasteiger charge is -2.00. The Morgan fingerprint density at radius 1 is 1.33 bits per heavy atom. The minimum absolute atomic E-state index is 0.0694. The first-order chi connectivity index (χ1) is 5.49. The molecule has 0 saturated heterocycles. The van der Waals surface area contributed by atoms with Crippen molar-refractivity contribution in [3.8, 4) is 5.75 Å². The summed E-state index contributed by atoms with van der Waals surface area (Å²) in [7, 11) is -4.93. The number of benzene rings is 1. The highest BCUT2D eigenvalue weighted by Crippen LogP contribution is 2.25. The van der Waals surface area contributed by atoms with E-state index in [2.05, 4.69) is 20.1 Å². The van der Waals surface area contributed by atoms with Crippen molar-refractivity contribution in [3.63, 3.8) is 0 Å². The van der Waals surface area contributed by atoms with E-state index >= 15 is 0 Å². The van der Waals surface area contributed by atoms with E-state index in [1.807, 2.05) is 0 Å². The summed E-state index contributed by atoms with van der Waals surface area (Å²) in [5, 5.41) is 0. The van der Waals surface area contributed by atoms with Gasteiger partial charge in [0.2, 0.25) is 0 Å². The highest BCUT2D eigenvalue weighted by atomic mass is 79.9. The first kappa shape index (κ1) is 9.47. The van der Waals surface area contributed by atoms with E-state index in [1.54, 1.807) is 12.1 Å². The summed E-state index contributed by atoms with van der Waals surface area (Å²) in [6.07, 6.45) is 0. The van der Waals surface area contributed by atoms with E-state index in [-0.39, 0.29) is 5.75 Å². The molecule has 12 heavy (non-hydrogen) atoms. The second-order valence-electron chi connectivity index (χ2n) is 1.91. The van der Waals surface area contributed by atoms with Crippen LogP contribution in [0.1, 0.15) is 0 Å². The number of hydrogen-bond donors (Lipinski definition) is 0. The van der Waals surface area contributed by atoms with Crippen molar-refractivity contribution in [1.82, 2.24) is 0 Å². The lowest BCUT2D eigenvalue weighted by atomic mass is 10.3. The zero-order valence-corrected chi connectivity index (χ0v) is 8.10. The van der Waals surface area contributed by atoms with Crippen molar-refractivity contribution in [3.05, 3.63) is 28.7 Å². The molecule has 0 spiro atoms. The molecule has 0 atom stereocenters. The van der Waals surface area contributed by atoms with E-state index in [1.165, 1.54) is 12.1 Å². The lowest BCUT2D eigenvalue weighted by Crippen LogP contribution is -2.01. The third-order valence-corrected chi connectivity index (χ3v) is 2.06. The molecule has 1 rings (SSSR count). The summed E-state index contributed by atoms with van der Waals surface area (Å²) in [5.41, 5.74) is 0. The molecule has 0 N–H and O–H groups in total. The van der Waals surface area contributed by atoms with Crippen LogP contribution in [-0.2, 0) is 10.5 Å². The van der Waals surface area contributed by atoms with Crippen molar-refractivity contribution >= 4 is 26.4 Å². The molecule has 0 aliphatic rings. The molecule has 0 radical (unpaired) electrons. The highest BCUT2D eigenvalue weighted by molar-refractivity contribution is 9.10. The van der Waals surface area contributed by atoms with Gasteiger partial charge in [0.25, 0.3) is 0 Å². The van der Waals surface area contributed by atoms with Crippen LogP contribution in [0.5, 0.6) is 5.75 Å². The smallest absolute Gasteiger partial charge is 0.357 e. The predicted molar refractivity (Wildman–Crippen MR) is 44.8 cm³/mol. The van der Waals surface area contributed by atoms with Crippen LogP contribution < -0.4 is 4.18 Å². The molecule has 0 bridgehead atoms. The molecular weight excluding hydrogens is 251 g/mol. The van der Waals surface area contributed by atoms with Crippen LogP contribution in [0.4, 0.5) is 3.89 Å². The molecule has 0 aliphatic carbocycles. The summed E-state index contributed by atoms with van der Waals surface area (Å²) in [4.78, 5) is 0. The van der Waals surface area contributed by atoms with Crippen LogP contribution in [0.2, 0.25) is 0 Å². The Hall–Kier alpha value is -0.620. The normalized spacial score (nSPS) is 11.2. The SMILES string of the molecule is O=S(=O)(F)Oc1ccccc1Br. The topological polar surface area (TPSA) is 43.4 Å². The first-order valence-corrected chi connectivity index (χ1v) is 4.98. The molecule has 0 heterocycles. The first-order valence-electron chi connectivity index (χ1n) is 2.87. The molecule has 0 aromatic heterocycles. The fourth-order valence-electron chi connectivity index (χ4n) is 0.620. The average molecular weight is 255 g/mol. The highest BCUT2D eigenvalue weighted by Gasteiger charge is 2.11. The summed E-state index contributed by atoms with van der Waals surface area (Å²) >= 11 is 2.99. The van der Waals surface area contributed by atoms with E-state index in [9.17, 15) is 12.3 Å². The monoisotopic (exact) mass is 254 g/mol. The molecule has 0 aliphatic heterocycles. The van der Waals surface area contributed by atoms with Crippen molar-refractivity contribution in [2.75, 3.05) is 0 Å². The van der Waals surface area contributed by atoms with Gasteiger partial charge in [-0.05, 0) is 28.1 Å². The van der Waals surface area contributed by atoms with Gasteiger partial charge >= 0.3 is 10.5 Å². The van der Waals surface area contributed by atoms with E-state index in [4.69, 9.17) is 0 Å². The molecule has 66 valence electrons. The molecule has 6 heteroatoms. The van der Waals surface area contributed by atoms with Gasteiger partial charge in [0.1, 0.15) is 0 Å². The lowest BCUT2D eigenvalue weighted by molar-refractivity contribution is 0.439. The minimum Gasteiger partial charge on any atom is -0.357 e. The fraction of sp³-hybridized carbons (Fsp3) is 0. The molecule has 1 aromatic rings. The van der Waals surface area contributed by atoms with Crippen LogP contribution in [0.25, 0.3) is 0 Å². The van der Waals surface area contributed by atoms with E-state index < -0.39 is 10.5 Å². The van der Waals surface area contributed by atoms with Crippen molar-refractivity contribution in [2.24, 2.45) is 0 Å². The summed E-state index contributed by atoms with van der Waals surface area (Å²) in [5.74, 6) is -0.0694. The molecule has 0 unspecified atom stereocenters. The zero-order chi connectivity index (χ0) is 9.19. The fourth-order valence-corrected chi connectivity index (χ4v) is 1.45. The predicted octanol–water partition coefficient (Wildman–Crippen LogP) is 2.04. The zero-order valence-electron chi connectivity index (χ0n) is 5.70. The van der Waals surface area contributed by atoms with Crippen molar-refractivity contribution < 1.29 is 16.5 Å². The third kappa shape index (κ3) is 2.78. The van der Waals surface area contributed by atoms with Gasteiger partial charge < -0.3 is 4.18 Å². The third-order valence-electron chi connectivity index (χ3n) is 1.03. The maximum absolute atomic E-state index is 12.0. The van der Waals surface area contributed by atoms with Crippen LogP contribution in [0.15, 0.2) is 28.7 Å².